The average Bonchev–Trinajstić information content (AvgIpc) is 2.57. The van der Waals surface area contributed by atoms with Crippen LogP contribution < -0.4 is 10.6 Å². The Hall–Kier alpha value is -1.24. The van der Waals surface area contributed by atoms with Gasteiger partial charge in [0.2, 0.25) is 0 Å². The lowest BCUT2D eigenvalue weighted by Gasteiger charge is -2.35. The molecule has 1 aliphatic heterocycles. The number of benzene rings is 1. The minimum absolute atomic E-state index is 0.0221. The number of urea groups is 1. The number of hydrogen-bond acceptors (Lipinski definition) is 4. The molecule has 2 amide bonds. The normalized spacial score (nSPS) is 17.7. The van der Waals surface area contributed by atoms with Crippen molar-refractivity contribution in [3.05, 3.63) is 35.9 Å². The van der Waals surface area contributed by atoms with Gasteiger partial charge in [-0.3, -0.25) is 4.90 Å². The van der Waals surface area contributed by atoms with Gasteiger partial charge in [-0.2, -0.15) is 11.8 Å². The third-order valence-corrected chi connectivity index (χ3v) is 4.75. The van der Waals surface area contributed by atoms with Crippen molar-refractivity contribution in [1.29, 1.82) is 0 Å². The van der Waals surface area contributed by atoms with Crippen molar-refractivity contribution in [1.82, 2.24) is 20.4 Å². The Morgan fingerprint density at radius 2 is 1.91 bits per heavy atom. The molecule has 0 spiro atoms. The van der Waals surface area contributed by atoms with E-state index in [4.69, 9.17) is 0 Å². The van der Waals surface area contributed by atoms with E-state index in [-0.39, 0.29) is 12.1 Å². The summed E-state index contributed by atoms with van der Waals surface area (Å²) in [5.74, 6) is 0.932. The Morgan fingerprint density at radius 3 is 2.57 bits per heavy atom. The Labute approximate surface area is 143 Å². The fourth-order valence-electron chi connectivity index (χ4n) is 2.68. The third-order valence-electron chi connectivity index (χ3n) is 4.14. The largest absolute Gasteiger partial charge is 0.337 e. The van der Waals surface area contributed by atoms with E-state index in [1.54, 1.807) is 11.8 Å². The molecule has 1 atom stereocenters. The molecular weight excluding hydrogens is 308 g/mol. The molecule has 1 aromatic carbocycles. The number of hydrogen-bond donors (Lipinski definition) is 2. The van der Waals surface area contributed by atoms with Crippen molar-refractivity contribution in [2.45, 2.75) is 6.04 Å². The van der Waals surface area contributed by atoms with Crippen molar-refractivity contribution in [3.8, 4) is 0 Å². The first-order valence-corrected chi connectivity index (χ1v) is 9.57. The lowest BCUT2D eigenvalue weighted by Crippen LogP contribution is -2.49. The highest BCUT2D eigenvalue weighted by molar-refractivity contribution is 7.98. The highest BCUT2D eigenvalue weighted by atomic mass is 32.2. The summed E-state index contributed by atoms with van der Waals surface area (Å²) in [6, 6.07) is 10.2. The van der Waals surface area contributed by atoms with Crippen LogP contribution in [0.15, 0.2) is 30.3 Å². The van der Waals surface area contributed by atoms with Crippen molar-refractivity contribution >= 4 is 17.8 Å². The maximum absolute atomic E-state index is 12.1. The minimum atomic E-state index is -0.0815. The van der Waals surface area contributed by atoms with Crippen LogP contribution in [0, 0.1) is 0 Å². The average molecular weight is 337 g/mol. The SMILES string of the molecule is CSCCNC(=O)NC(CN1CCN(C)CC1)c1ccccc1. The highest BCUT2D eigenvalue weighted by Gasteiger charge is 2.21. The van der Waals surface area contributed by atoms with E-state index < -0.39 is 0 Å². The van der Waals surface area contributed by atoms with E-state index in [9.17, 15) is 4.79 Å². The number of nitrogens with zero attached hydrogens (tertiary/aromatic N) is 2. The van der Waals surface area contributed by atoms with Crippen LogP contribution in [0.4, 0.5) is 4.79 Å². The molecule has 0 bridgehead atoms. The summed E-state index contributed by atoms with van der Waals surface area (Å²) in [6.07, 6.45) is 2.04. The maximum atomic E-state index is 12.1. The summed E-state index contributed by atoms with van der Waals surface area (Å²) in [6.45, 7) is 5.82. The molecule has 5 nitrogen and oxygen atoms in total. The quantitative estimate of drug-likeness (QED) is 0.743. The number of piperazine rings is 1. The van der Waals surface area contributed by atoms with Crippen molar-refractivity contribution < 1.29 is 4.79 Å². The summed E-state index contributed by atoms with van der Waals surface area (Å²) >= 11 is 1.73. The van der Waals surface area contributed by atoms with Gasteiger partial charge in [0.1, 0.15) is 0 Å². The molecule has 1 unspecified atom stereocenters. The van der Waals surface area contributed by atoms with Crippen LogP contribution in [0.25, 0.3) is 0 Å². The first kappa shape index (κ1) is 18.1. The van der Waals surface area contributed by atoms with Crippen LogP contribution in [0.5, 0.6) is 0 Å². The lowest BCUT2D eigenvalue weighted by molar-refractivity contribution is 0.142. The molecule has 0 aliphatic carbocycles. The molecule has 0 saturated carbocycles. The Bertz CT molecular complexity index is 463. The zero-order chi connectivity index (χ0) is 16.5. The van der Waals surface area contributed by atoms with Crippen LogP contribution in [-0.2, 0) is 0 Å². The predicted molar refractivity (Wildman–Crippen MR) is 98.0 cm³/mol. The molecular formula is C17H28N4OS. The van der Waals surface area contributed by atoms with E-state index in [1.165, 1.54) is 0 Å². The molecule has 2 rings (SSSR count). The number of amides is 2. The van der Waals surface area contributed by atoms with Gasteiger partial charge in [0, 0.05) is 45.0 Å². The summed E-state index contributed by atoms with van der Waals surface area (Å²) in [7, 11) is 2.16. The van der Waals surface area contributed by atoms with Crippen LogP contribution in [0.2, 0.25) is 0 Å². The molecule has 23 heavy (non-hydrogen) atoms. The summed E-state index contributed by atoms with van der Waals surface area (Å²) < 4.78 is 0. The number of rotatable bonds is 7. The first-order chi connectivity index (χ1) is 11.2. The predicted octanol–water partition coefficient (Wildman–Crippen LogP) is 1.64. The second-order valence-electron chi connectivity index (χ2n) is 5.96. The highest BCUT2D eigenvalue weighted by Crippen LogP contribution is 2.15. The zero-order valence-electron chi connectivity index (χ0n) is 14.1. The van der Waals surface area contributed by atoms with E-state index in [1.807, 2.05) is 24.5 Å². The summed E-state index contributed by atoms with van der Waals surface area (Å²) in [4.78, 5) is 16.9. The molecule has 1 fully saturated rings. The minimum Gasteiger partial charge on any atom is -0.337 e. The van der Waals surface area contributed by atoms with Gasteiger partial charge in [0.15, 0.2) is 0 Å². The van der Waals surface area contributed by atoms with Gasteiger partial charge < -0.3 is 15.5 Å². The smallest absolute Gasteiger partial charge is 0.315 e. The van der Waals surface area contributed by atoms with Crippen LogP contribution >= 0.6 is 11.8 Å². The number of thioether (sulfide) groups is 1. The topological polar surface area (TPSA) is 47.6 Å². The number of likely N-dealkylation sites (N-methyl/N-ethyl adjacent to an activating group) is 1. The first-order valence-electron chi connectivity index (χ1n) is 8.18. The summed E-state index contributed by atoms with van der Waals surface area (Å²) in [5.41, 5.74) is 1.16. The molecule has 0 radical (unpaired) electrons. The van der Waals surface area contributed by atoms with Crippen molar-refractivity contribution in [3.63, 3.8) is 0 Å². The monoisotopic (exact) mass is 336 g/mol. The Kier molecular flexibility index (Phi) is 7.71. The number of carbonyl (C=O) groups excluding carboxylic acids is 1. The van der Waals surface area contributed by atoms with Crippen molar-refractivity contribution in [2.75, 3.05) is 58.3 Å². The van der Waals surface area contributed by atoms with Gasteiger partial charge in [-0.15, -0.1) is 0 Å². The zero-order valence-corrected chi connectivity index (χ0v) is 14.9. The van der Waals surface area contributed by atoms with Gasteiger partial charge in [-0.05, 0) is 18.9 Å². The third kappa shape index (κ3) is 6.41. The van der Waals surface area contributed by atoms with Gasteiger partial charge in [0.05, 0.1) is 6.04 Å². The van der Waals surface area contributed by atoms with Gasteiger partial charge in [-0.1, -0.05) is 30.3 Å². The van der Waals surface area contributed by atoms with E-state index in [0.29, 0.717) is 6.54 Å². The number of carbonyl (C=O) groups is 1. The van der Waals surface area contributed by atoms with E-state index in [2.05, 4.69) is 39.6 Å². The standard InChI is InChI=1S/C17H28N4OS/c1-20-9-11-21(12-10-20)14-16(15-6-4-3-5-7-15)19-17(22)18-8-13-23-2/h3-7,16H,8-14H2,1-2H3,(H2,18,19,22). The Morgan fingerprint density at radius 1 is 1.22 bits per heavy atom. The molecule has 6 heteroatoms. The van der Waals surface area contributed by atoms with E-state index in [0.717, 1.165) is 44.0 Å². The molecule has 2 N–H and O–H groups in total. The molecule has 0 aromatic heterocycles. The van der Waals surface area contributed by atoms with Crippen molar-refractivity contribution in [2.24, 2.45) is 0 Å². The fraction of sp³-hybridized carbons (Fsp3) is 0.588. The lowest BCUT2D eigenvalue weighted by atomic mass is 10.1. The molecule has 1 saturated heterocycles. The molecule has 1 heterocycles. The number of nitrogens with one attached hydrogen (secondary N) is 2. The van der Waals surface area contributed by atoms with Crippen LogP contribution in [0.3, 0.4) is 0 Å². The molecule has 128 valence electrons. The fourth-order valence-corrected chi connectivity index (χ4v) is 2.99. The van der Waals surface area contributed by atoms with Gasteiger partial charge >= 0.3 is 6.03 Å². The Balaban J connectivity index is 1.93. The van der Waals surface area contributed by atoms with Crippen LogP contribution in [-0.4, -0.2) is 74.2 Å². The molecule has 1 aliphatic rings. The van der Waals surface area contributed by atoms with Gasteiger partial charge in [0.25, 0.3) is 0 Å². The maximum Gasteiger partial charge on any atom is 0.315 e. The second kappa shape index (κ2) is 9.80. The second-order valence-corrected chi connectivity index (χ2v) is 6.95. The van der Waals surface area contributed by atoms with Gasteiger partial charge in [-0.25, -0.2) is 4.79 Å². The molecule has 1 aromatic rings. The van der Waals surface area contributed by atoms with Crippen LogP contribution in [0.1, 0.15) is 11.6 Å². The van der Waals surface area contributed by atoms with E-state index >= 15 is 0 Å². The summed E-state index contributed by atoms with van der Waals surface area (Å²) in [5, 5.41) is 6.07.